The molecule has 3 fully saturated rings. The highest BCUT2D eigenvalue weighted by molar-refractivity contribution is 14.1. The van der Waals surface area contributed by atoms with Crippen molar-refractivity contribution in [3.05, 3.63) is 10.1 Å². The molecule has 0 aromatic rings. The maximum Gasteiger partial charge on any atom is 0.166 e. The van der Waals surface area contributed by atoms with E-state index in [4.69, 9.17) is 69.6 Å². The lowest BCUT2D eigenvalue weighted by Crippen LogP contribution is -2.46. The normalized spacial score (nSPS) is 62.4. The van der Waals surface area contributed by atoms with Crippen LogP contribution in [0.4, 0.5) is 0 Å². The van der Waals surface area contributed by atoms with Crippen molar-refractivity contribution in [2.75, 3.05) is 0 Å². The summed E-state index contributed by atoms with van der Waals surface area (Å²) in [5.41, 5.74) is 0. The molecule has 4 aliphatic carbocycles. The molecule has 0 spiro atoms. The molecule has 4 bridgehead atoms. The van der Waals surface area contributed by atoms with Crippen molar-refractivity contribution in [1.82, 2.24) is 0 Å². The van der Waals surface area contributed by atoms with E-state index in [0.29, 0.717) is 29.7 Å². The molecule has 0 aromatic carbocycles. The molecule has 8 atom stereocenters. The molecule has 112 valence electrons. The minimum Gasteiger partial charge on any atom is -0.109 e. The maximum atomic E-state index is 6.90. The Balaban J connectivity index is 1.98. The fraction of sp³-hybridized carbons (Fsp3) is 0.833. The first-order valence-corrected chi connectivity index (χ1v) is 11.0. The molecular weight excluding hydrogens is 611 g/mol. The van der Waals surface area contributed by atoms with Crippen LogP contribution in [0.2, 0.25) is 0 Å². The molecule has 4 rings (SSSR count). The van der Waals surface area contributed by atoms with Gasteiger partial charge in [0.2, 0.25) is 0 Å². The van der Waals surface area contributed by atoms with Gasteiger partial charge in [0.1, 0.15) is 9.75 Å². The summed E-state index contributed by atoms with van der Waals surface area (Å²) in [5.74, 6) is 1.09. The van der Waals surface area contributed by atoms with E-state index in [2.05, 4.69) is 45.2 Å². The molecule has 3 saturated carbocycles. The van der Waals surface area contributed by atoms with Crippen molar-refractivity contribution in [2.45, 2.75) is 28.4 Å². The van der Waals surface area contributed by atoms with Crippen molar-refractivity contribution in [1.29, 1.82) is 0 Å². The van der Waals surface area contributed by atoms with Gasteiger partial charge in [-0.05, 0) is 30.1 Å². The van der Waals surface area contributed by atoms with Gasteiger partial charge >= 0.3 is 0 Å². The molecule has 0 N–H and O–H groups in total. The van der Waals surface area contributed by atoms with Gasteiger partial charge < -0.3 is 0 Å². The highest BCUT2D eigenvalue weighted by Gasteiger charge is 2.87. The molecule has 0 saturated heterocycles. The van der Waals surface area contributed by atoms with E-state index in [1.165, 1.54) is 0 Å². The van der Waals surface area contributed by atoms with Crippen molar-refractivity contribution in [3.8, 4) is 0 Å². The third kappa shape index (κ3) is 1.41. The Hall–Kier alpha value is 2.94. The Kier molecular flexibility index (Phi) is 3.74. The highest BCUT2D eigenvalue weighted by atomic mass is 127. The topological polar surface area (TPSA) is 0 Å². The van der Waals surface area contributed by atoms with Crippen molar-refractivity contribution in [2.24, 2.45) is 23.7 Å². The SMILES string of the molecule is ClC1=C(Cl)C2(Cl)C3C4CC(C(I)C4I)C3C1(Cl)C2(Cl)Cl. The molecule has 0 aromatic heterocycles. The van der Waals surface area contributed by atoms with Gasteiger partial charge in [-0.1, -0.05) is 91.6 Å². The van der Waals surface area contributed by atoms with E-state index in [0.717, 1.165) is 6.42 Å². The molecule has 0 radical (unpaired) electrons. The summed E-state index contributed by atoms with van der Waals surface area (Å²) in [5, 5.41) is 0.700. The molecule has 0 amide bonds. The lowest BCUT2D eigenvalue weighted by atomic mass is 9.72. The Morgan fingerprint density at radius 3 is 1.50 bits per heavy atom. The Bertz CT molecular complexity index is 506. The number of rotatable bonds is 0. The van der Waals surface area contributed by atoms with Gasteiger partial charge in [-0.2, -0.15) is 0 Å². The van der Waals surface area contributed by atoms with Gasteiger partial charge in [-0.3, -0.25) is 0 Å². The number of hydrogen-bond acceptors (Lipinski definition) is 0. The van der Waals surface area contributed by atoms with E-state index >= 15 is 0 Å². The van der Waals surface area contributed by atoms with Crippen LogP contribution in [0.1, 0.15) is 6.42 Å². The predicted octanol–water partition coefficient (Wildman–Crippen LogP) is 6.32. The Morgan fingerprint density at radius 1 is 0.800 bits per heavy atom. The fourth-order valence-electron chi connectivity index (χ4n) is 4.92. The van der Waals surface area contributed by atoms with Gasteiger partial charge in [0.05, 0.1) is 10.1 Å². The lowest BCUT2D eigenvalue weighted by Gasteiger charge is -2.43. The third-order valence-corrected chi connectivity index (χ3v) is 14.7. The van der Waals surface area contributed by atoms with E-state index < -0.39 is 14.1 Å². The van der Waals surface area contributed by atoms with E-state index in [1.54, 1.807) is 0 Å². The number of allylic oxidation sites excluding steroid dienone is 2. The standard InChI is InChI=1S/C12H8Cl6I2/c13-8-9(14)11(16)5-3-1-2(6(19)7(3)20)4(5)10(8,15)12(11,17)18/h2-7H,1H2. The van der Waals surface area contributed by atoms with Crippen LogP contribution in [0.3, 0.4) is 0 Å². The summed E-state index contributed by atoms with van der Waals surface area (Å²) in [6.45, 7) is 0. The second kappa shape index (κ2) is 4.56. The zero-order valence-electron chi connectivity index (χ0n) is 9.69. The molecule has 0 heterocycles. The Morgan fingerprint density at radius 2 is 1.15 bits per heavy atom. The van der Waals surface area contributed by atoms with Crippen molar-refractivity contribution in [3.63, 3.8) is 0 Å². The number of fused-ring (bicyclic) bond motifs is 9. The van der Waals surface area contributed by atoms with Gasteiger partial charge in [-0.25, -0.2) is 0 Å². The average molecular weight is 619 g/mol. The third-order valence-electron chi connectivity index (χ3n) is 5.64. The first-order valence-electron chi connectivity index (χ1n) is 6.21. The number of halogens is 8. The molecule has 0 aliphatic heterocycles. The van der Waals surface area contributed by atoms with Crippen LogP contribution in [-0.2, 0) is 0 Å². The summed E-state index contributed by atoms with van der Waals surface area (Å²) < 4.78 is -0.273. The smallest absolute Gasteiger partial charge is 0.109 e. The average Bonchev–Trinajstić information content (AvgIpc) is 2.97. The minimum atomic E-state index is -1.36. The fourth-order valence-corrected chi connectivity index (χ4v) is 10.6. The highest BCUT2D eigenvalue weighted by Crippen LogP contribution is 2.83. The predicted molar refractivity (Wildman–Crippen MR) is 105 cm³/mol. The molecule has 0 nitrogen and oxygen atoms in total. The molecule has 20 heavy (non-hydrogen) atoms. The van der Waals surface area contributed by atoms with Crippen LogP contribution in [0.15, 0.2) is 10.1 Å². The van der Waals surface area contributed by atoms with Crippen LogP contribution in [0.5, 0.6) is 0 Å². The zero-order chi connectivity index (χ0) is 14.8. The Labute approximate surface area is 174 Å². The molecule has 8 heteroatoms. The van der Waals surface area contributed by atoms with Crippen LogP contribution >= 0.6 is 115 Å². The van der Waals surface area contributed by atoms with E-state index in [9.17, 15) is 0 Å². The number of alkyl halides is 6. The van der Waals surface area contributed by atoms with Crippen LogP contribution in [0, 0.1) is 23.7 Å². The first-order chi connectivity index (χ1) is 9.11. The quantitative estimate of drug-likeness (QED) is 0.169. The maximum absolute atomic E-state index is 6.90. The molecular formula is C12H8Cl6I2. The monoisotopic (exact) mass is 616 g/mol. The van der Waals surface area contributed by atoms with E-state index in [-0.39, 0.29) is 11.8 Å². The second-order valence-corrected chi connectivity index (χ2v) is 12.3. The summed E-state index contributed by atoms with van der Waals surface area (Å²) in [6.07, 6.45) is 1.11. The summed E-state index contributed by atoms with van der Waals surface area (Å²) >= 11 is 45.0. The van der Waals surface area contributed by atoms with Gasteiger partial charge in [0.25, 0.3) is 0 Å². The van der Waals surface area contributed by atoms with Gasteiger partial charge in [0.15, 0.2) is 4.33 Å². The zero-order valence-corrected chi connectivity index (χ0v) is 18.5. The van der Waals surface area contributed by atoms with Crippen LogP contribution in [0.25, 0.3) is 0 Å². The van der Waals surface area contributed by atoms with Gasteiger partial charge in [-0.15, -0.1) is 23.2 Å². The van der Waals surface area contributed by atoms with Gasteiger partial charge in [0, 0.05) is 7.85 Å². The van der Waals surface area contributed by atoms with Crippen molar-refractivity contribution < 1.29 is 0 Å². The lowest BCUT2D eigenvalue weighted by molar-refractivity contribution is 0.238. The van der Waals surface area contributed by atoms with Crippen LogP contribution in [-0.4, -0.2) is 21.9 Å². The summed E-state index contributed by atoms with van der Waals surface area (Å²) in [4.78, 5) is -2.11. The summed E-state index contributed by atoms with van der Waals surface area (Å²) in [7, 11) is 0. The first kappa shape index (κ1) is 16.4. The number of hydrogen-bond donors (Lipinski definition) is 0. The largest absolute Gasteiger partial charge is 0.166 e. The molecule has 8 unspecified atom stereocenters. The minimum absolute atomic E-state index is 0.101. The van der Waals surface area contributed by atoms with Crippen LogP contribution < -0.4 is 0 Å². The van der Waals surface area contributed by atoms with Crippen molar-refractivity contribution >= 4 is 115 Å². The summed E-state index contributed by atoms with van der Waals surface area (Å²) in [6, 6.07) is 0. The van der Waals surface area contributed by atoms with E-state index in [1.807, 2.05) is 0 Å². The molecule has 4 aliphatic rings. The second-order valence-electron chi connectivity index (χ2n) is 6.13.